The third-order valence-corrected chi connectivity index (χ3v) is 5.86. The highest BCUT2D eigenvalue weighted by Crippen LogP contribution is 2.32. The third-order valence-electron chi connectivity index (χ3n) is 4.92. The zero-order chi connectivity index (χ0) is 19.7. The largest absolute Gasteiger partial charge is 0.353 e. The lowest BCUT2D eigenvalue weighted by molar-refractivity contribution is -0.119. The van der Waals surface area contributed by atoms with E-state index >= 15 is 0 Å². The zero-order valence-corrected chi connectivity index (χ0v) is 16.7. The summed E-state index contributed by atoms with van der Waals surface area (Å²) in [6.07, 6.45) is 4.08. The van der Waals surface area contributed by atoms with Gasteiger partial charge in [-0.15, -0.1) is 0 Å². The second-order valence-electron chi connectivity index (χ2n) is 7.23. The maximum absolute atomic E-state index is 13.1. The number of para-hydroxylation sites is 1. The molecule has 0 spiro atoms. The molecule has 144 valence electrons. The van der Waals surface area contributed by atoms with Gasteiger partial charge < -0.3 is 5.32 Å². The van der Waals surface area contributed by atoms with Crippen LogP contribution in [-0.4, -0.2) is 32.2 Å². The van der Waals surface area contributed by atoms with Crippen molar-refractivity contribution in [3.8, 4) is 5.82 Å². The number of amides is 1. The Morgan fingerprint density at radius 2 is 2.07 bits per heavy atom. The van der Waals surface area contributed by atoms with Gasteiger partial charge in [-0.05, 0) is 56.4 Å². The molecular weight excluding hydrogens is 372 g/mol. The highest BCUT2D eigenvalue weighted by molar-refractivity contribution is 7.99. The van der Waals surface area contributed by atoms with Crippen LogP contribution >= 0.6 is 11.8 Å². The van der Waals surface area contributed by atoms with Crippen molar-refractivity contribution in [3.63, 3.8) is 0 Å². The number of benzene rings is 1. The maximum Gasteiger partial charge on any atom is 0.267 e. The Kier molecular flexibility index (Phi) is 5.17. The molecular formula is C21H22N4O2S. The van der Waals surface area contributed by atoms with Gasteiger partial charge in [0.2, 0.25) is 5.91 Å². The number of hydrogen-bond acceptors (Lipinski definition) is 5. The summed E-state index contributed by atoms with van der Waals surface area (Å²) in [5.41, 5.74) is 1.44. The molecule has 1 aliphatic rings. The van der Waals surface area contributed by atoms with Crippen LogP contribution in [-0.2, 0) is 4.79 Å². The van der Waals surface area contributed by atoms with E-state index in [1.54, 1.807) is 18.3 Å². The molecule has 1 aliphatic carbocycles. The van der Waals surface area contributed by atoms with Crippen LogP contribution in [0, 0.1) is 12.8 Å². The number of aromatic nitrogens is 3. The Balaban J connectivity index is 1.67. The fourth-order valence-electron chi connectivity index (χ4n) is 3.14. The molecule has 6 nitrogen and oxygen atoms in total. The van der Waals surface area contributed by atoms with Crippen molar-refractivity contribution < 1.29 is 4.79 Å². The number of fused-ring (bicyclic) bond motifs is 1. The highest BCUT2D eigenvalue weighted by atomic mass is 32.2. The molecule has 1 amide bonds. The van der Waals surface area contributed by atoms with Gasteiger partial charge in [-0.25, -0.2) is 14.5 Å². The molecule has 2 heterocycles. The minimum atomic E-state index is -0.184. The zero-order valence-electron chi connectivity index (χ0n) is 15.9. The smallest absolute Gasteiger partial charge is 0.267 e. The summed E-state index contributed by atoms with van der Waals surface area (Å²) >= 11 is 1.26. The Labute approximate surface area is 167 Å². The molecule has 1 fully saturated rings. The van der Waals surface area contributed by atoms with Gasteiger partial charge in [-0.2, -0.15) is 0 Å². The SMILES string of the molecule is Cc1ccc(-n2c(SCC(=O)NC(C)C3CC3)nc3ccccc3c2=O)nc1. The molecule has 1 aromatic carbocycles. The van der Waals surface area contributed by atoms with Crippen LogP contribution in [0.5, 0.6) is 0 Å². The van der Waals surface area contributed by atoms with E-state index in [0.717, 1.165) is 5.56 Å². The van der Waals surface area contributed by atoms with Gasteiger partial charge in [-0.3, -0.25) is 9.59 Å². The summed E-state index contributed by atoms with van der Waals surface area (Å²) < 4.78 is 1.49. The molecule has 1 saturated carbocycles. The first-order valence-corrected chi connectivity index (χ1v) is 10.4. The van der Waals surface area contributed by atoms with Crippen LogP contribution < -0.4 is 10.9 Å². The van der Waals surface area contributed by atoms with E-state index in [4.69, 9.17) is 0 Å². The number of aryl methyl sites for hydroxylation is 1. The van der Waals surface area contributed by atoms with E-state index in [-0.39, 0.29) is 23.3 Å². The van der Waals surface area contributed by atoms with Crippen molar-refractivity contribution in [1.29, 1.82) is 0 Å². The number of carbonyl (C=O) groups excluding carboxylic acids is 1. The number of carbonyl (C=O) groups is 1. The van der Waals surface area contributed by atoms with Crippen molar-refractivity contribution in [3.05, 3.63) is 58.5 Å². The number of nitrogens with zero attached hydrogens (tertiary/aromatic N) is 3. The van der Waals surface area contributed by atoms with Crippen molar-refractivity contribution in [1.82, 2.24) is 19.9 Å². The van der Waals surface area contributed by atoms with Crippen LogP contribution in [0.2, 0.25) is 0 Å². The van der Waals surface area contributed by atoms with E-state index < -0.39 is 0 Å². The molecule has 1 N–H and O–H groups in total. The standard InChI is InChI=1S/C21H22N4O2S/c1-13-7-10-18(22-11-13)25-20(27)16-5-3-4-6-17(16)24-21(25)28-12-19(26)23-14(2)15-8-9-15/h3-7,10-11,14-15H,8-9,12H2,1-2H3,(H,23,26). The second kappa shape index (κ2) is 7.75. The molecule has 0 saturated heterocycles. The molecule has 1 atom stereocenters. The average molecular weight is 395 g/mol. The van der Waals surface area contributed by atoms with Crippen LogP contribution in [0.25, 0.3) is 16.7 Å². The minimum Gasteiger partial charge on any atom is -0.353 e. The van der Waals surface area contributed by atoms with Crippen molar-refractivity contribution >= 4 is 28.6 Å². The van der Waals surface area contributed by atoms with Gasteiger partial charge >= 0.3 is 0 Å². The Bertz CT molecular complexity index is 1070. The van der Waals surface area contributed by atoms with E-state index in [1.807, 2.05) is 38.1 Å². The lowest BCUT2D eigenvalue weighted by Crippen LogP contribution is -2.35. The molecule has 28 heavy (non-hydrogen) atoms. The van der Waals surface area contributed by atoms with Gasteiger partial charge in [0.25, 0.3) is 5.56 Å². The number of rotatable bonds is 6. The Morgan fingerprint density at radius 3 is 2.79 bits per heavy atom. The predicted octanol–water partition coefficient (Wildman–Crippen LogP) is 3.10. The first kappa shape index (κ1) is 18.7. The molecule has 0 aliphatic heterocycles. The minimum absolute atomic E-state index is 0.0461. The van der Waals surface area contributed by atoms with Gasteiger partial charge in [0.15, 0.2) is 5.16 Å². The summed E-state index contributed by atoms with van der Waals surface area (Å²) in [5, 5.41) is 4.04. The third kappa shape index (κ3) is 3.94. The topological polar surface area (TPSA) is 76.9 Å². The van der Waals surface area contributed by atoms with Gasteiger partial charge in [-0.1, -0.05) is 30.0 Å². The van der Waals surface area contributed by atoms with E-state index in [2.05, 4.69) is 15.3 Å². The van der Waals surface area contributed by atoms with Gasteiger partial charge in [0.1, 0.15) is 5.82 Å². The van der Waals surface area contributed by atoms with E-state index in [9.17, 15) is 9.59 Å². The van der Waals surface area contributed by atoms with E-state index in [1.165, 1.54) is 29.2 Å². The normalized spacial score (nSPS) is 14.8. The number of thioether (sulfide) groups is 1. The summed E-state index contributed by atoms with van der Waals surface area (Å²) in [4.78, 5) is 34.5. The molecule has 1 unspecified atom stereocenters. The van der Waals surface area contributed by atoms with E-state index in [0.29, 0.717) is 27.8 Å². The quantitative estimate of drug-likeness (QED) is 0.514. The van der Waals surface area contributed by atoms with Crippen molar-refractivity contribution in [2.75, 3.05) is 5.75 Å². The van der Waals surface area contributed by atoms with Crippen molar-refractivity contribution in [2.45, 2.75) is 37.9 Å². The lowest BCUT2D eigenvalue weighted by Gasteiger charge is -2.14. The number of hydrogen-bond donors (Lipinski definition) is 1. The fraction of sp³-hybridized carbons (Fsp3) is 0.333. The second-order valence-corrected chi connectivity index (χ2v) is 8.17. The van der Waals surface area contributed by atoms with Crippen LogP contribution in [0.15, 0.2) is 52.5 Å². The van der Waals surface area contributed by atoms with Gasteiger partial charge in [0, 0.05) is 12.2 Å². The van der Waals surface area contributed by atoms with Crippen LogP contribution in [0.1, 0.15) is 25.3 Å². The fourth-order valence-corrected chi connectivity index (χ4v) is 3.96. The number of pyridine rings is 1. The molecule has 3 aromatic rings. The monoisotopic (exact) mass is 394 g/mol. The molecule has 4 rings (SSSR count). The molecule has 0 radical (unpaired) electrons. The predicted molar refractivity (Wildman–Crippen MR) is 111 cm³/mol. The highest BCUT2D eigenvalue weighted by Gasteiger charge is 2.28. The Morgan fingerprint density at radius 1 is 1.29 bits per heavy atom. The molecule has 7 heteroatoms. The molecule has 2 aromatic heterocycles. The van der Waals surface area contributed by atoms with Crippen LogP contribution in [0.4, 0.5) is 0 Å². The summed E-state index contributed by atoms with van der Waals surface area (Å²) in [6, 6.07) is 11.1. The summed E-state index contributed by atoms with van der Waals surface area (Å²) in [6.45, 7) is 3.99. The maximum atomic E-state index is 13.1. The van der Waals surface area contributed by atoms with Crippen molar-refractivity contribution in [2.24, 2.45) is 5.92 Å². The Hall–Kier alpha value is -2.67. The first-order valence-electron chi connectivity index (χ1n) is 9.40. The first-order chi connectivity index (χ1) is 13.5. The van der Waals surface area contributed by atoms with Gasteiger partial charge in [0.05, 0.1) is 16.7 Å². The lowest BCUT2D eigenvalue weighted by atomic mass is 10.2. The summed E-state index contributed by atoms with van der Waals surface area (Å²) in [7, 11) is 0. The van der Waals surface area contributed by atoms with Crippen LogP contribution in [0.3, 0.4) is 0 Å². The summed E-state index contributed by atoms with van der Waals surface area (Å²) in [5.74, 6) is 1.26. The average Bonchev–Trinajstić information content (AvgIpc) is 3.53. The number of nitrogens with one attached hydrogen (secondary N) is 1. The molecule has 0 bridgehead atoms.